The first-order valence-corrected chi connectivity index (χ1v) is 8.79. The lowest BCUT2D eigenvalue weighted by Crippen LogP contribution is -2.33. The minimum absolute atomic E-state index is 0.129. The Morgan fingerprint density at radius 2 is 1.77 bits per heavy atom. The molecule has 0 bridgehead atoms. The number of aliphatic carboxylic acids is 1. The van der Waals surface area contributed by atoms with Crippen LogP contribution in [0.2, 0.25) is 0 Å². The number of unbranched alkanes of at least 4 members (excludes halogenated alkanes) is 4. The van der Waals surface area contributed by atoms with Gasteiger partial charge >= 0.3 is 17.9 Å². The van der Waals surface area contributed by atoms with Crippen molar-refractivity contribution in [3.63, 3.8) is 0 Å². The molecule has 1 amide bonds. The van der Waals surface area contributed by atoms with E-state index in [0.29, 0.717) is 0 Å². The number of hydrogen-bond donors (Lipinski definition) is 2. The Bertz CT molecular complexity index is 502. The Balaban J connectivity index is 3.98. The second-order valence-electron chi connectivity index (χ2n) is 6.03. The van der Waals surface area contributed by atoms with Crippen LogP contribution in [0.5, 0.6) is 0 Å². The first kappa shape index (κ1) is 23.6. The maximum atomic E-state index is 11.8. The Morgan fingerprint density at radius 3 is 2.38 bits per heavy atom. The first-order chi connectivity index (χ1) is 12.3. The van der Waals surface area contributed by atoms with Gasteiger partial charge in [0.25, 0.3) is 5.91 Å². The Kier molecular flexibility index (Phi) is 12.6. The molecule has 0 saturated heterocycles. The van der Waals surface area contributed by atoms with Gasteiger partial charge in [0.15, 0.2) is 6.61 Å². The standard InChI is InChI=1S/C18H29NO7/c1-4-5-6-7-8-9-14(3)26-17(23)10-13(2)18(24)25-12-15(20)19-11-16(21)22/h14H,2,4-12H2,1,3H3,(H,19,20)(H,21,22)/t14-/m0/s1. The smallest absolute Gasteiger partial charge is 0.334 e. The number of amides is 1. The van der Waals surface area contributed by atoms with Crippen LogP contribution in [0.1, 0.15) is 58.8 Å². The predicted molar refractivity (Wildman–Crippen MR) is 94.3 cm³/mol. The first-order valence-electron chi connectivity index (χ1n) is 8.79. The van der Waals surface area contributed by atoms with Crippen LogP contribution in [0, 0.1) is 0 Å². The third-order valence-electron chi connectivity index (χ3n) is 3.46. The molecule has 0 heterocycles. The highest BCUT2D eigenvalue weighted by molar-refractivity contribution is 5.94. The van der Waals surface area contributed by atoms with Crippen LogP contribution in [0.15, 0.2) is 12.2 Å². The van der Waals surface area contributed by atoms with Gasteiger partial charge in [0, 0.05) is 5.57 Å². The summed E-state index contributed by atoms with van der Waals surface area (Å²) in [7, 11) is 0. The summed E-state index contributed by atoms with van der Waals surface area (Å²) in [5, 5.41) is 10.4. The quantitative estimate of drug-likeness (QED) is 0.272. The summed E-state index contributed by atoms with van der Waals surface area (Å²) in [4.78, 5) is 45.0. The Labute approximate surface area is 153 Å². The van der Waals surface area contributed by atoms with Crippen LogP contribution in [-0.2, 0) is 28.7 Å². The van der Waals surface area contributed by atoms with Crippen molar-refractivity contribution in [1.29, 1.82) is 0 Å². The van der Waals surface area contributed by atoms with Gasteiger partial charge in [0.2, 0.25) is 0 Å². The van der Waals surface area contributed by atoms with Crippen LogP contribution in [0.4, 0.5) is 0 Å². The van der Waals surface area contributed by atoms with Crippen molar-refractivity contribution in [2.75, 3.05) is 13.2 Å². The monoisotopic (exact) mass is 371 g/mol. The van der Waals surface area contributed by atoms with E-state index in [0.717, 1.165) is 19.3 Å². The summed E-state index contributed by atoms with van der Waals surface area (Å²) in [5.41, 5.74) is -0.129. The third-order valence-corrected chi connectivity index (χ3v) is 3.46. The van der Waals surface area contributed by atoms with Crippen molar-refractivity contribution >= 4 is 23.8 Å². The van der Waals surface area contributed by atoms with Gasteiger partial charge in [0.05, 0.1) is 12.5 Å². The predicted octanol–water partition coefficient (Wildman–Crippen LogP) is 1.97. The molecule has 0 aliphatic carbocycles. The molecule has 8 heteroatoms. The van der Waals surface area contributed by atoms with Crippen LogP contribution < -0.4 is 5.32 Å². The van der Waals surface area contributed by atoms with Crippen molar-refractivity contribution in [3.05, 3.63) is 12.2 Å². The number of rotatable bonds is 14. The lowest BCUT2D eigenvalue weighted by Gasteiger charge is -2.13. The molecule has 148 valence electrons. The average molecular weight is 371 g/mol. The third kappa shape index (κ3) is 13.0. The number of carbonyl (C=O) groups is 4. The normalized spacial score (nSPS) is 11.3. The fourth-order valence-electron chi connectivity index (χ4n) is 2.07. The summed E-state index contributed by atoms with van der Waals surface area (Å²) >= 11 is 0. The molecule has 0 spiro atoms. The van der Waals surface area contributed by atoms with Gasteiger partial charge in [-0.2, -0.15) is 0 Å². The highest BCUT2D eigenvalue weighted by atomic mass is 16.5. The molecule has 0 aromatic rings. The molecule has 0 radical (unpaired) electrons. The van der Waals surface area contributed by atoms with Crippen LogP contribution in [0.25, 0.3) is 0 Å². The fourth-order valence-corrected chi connectivity index (χ4v) is 2.07. The molecule has 0 aromatic carbocycles. The molecule has 8 nitrogen and oxygen atoms in total. The number of nitrogens with one attached hydrogen (secondary N) is 1. The highest BCUT2D eigenvalue weighted by Gasteiger charge is 2.17. The van der Waals surface area contributed by atoms with Gasteiger partial charge in [-0.1, -0.05) is 39.2 Å². The zero-order valence-corrected chi connectivity index (χ0v) is 15.5. The number of ether oxygens (including phenoxy) is 2. The largest absolute Gasteiger partial charge is 0.480 e. The van der Waals surface area contributed by atoms with E-state index in [9.17, 15) is 19.2 Å². The van der Waals surface area contributed by atoms with Gasteiger partial charge in [0.1, 0.15) is 6.54 Å². The second kappa shape index (κ2) is 13.9. The van der Waals surface area contributed by atoms with E-state index in [4.69, 9.17) is 9.84 Å². The molecule has 0 aliphatic rings. The minimum atomic E-state index is -1.21. The van der Waals surface area contributed by atoms with Crippen molar-refractivity contribution in [1.82, 2.24) is 5.32 Å². The number of hydrogen-bond acceptors (Lipinski definition) is 6. The zero-order valence-electron chi connectivity index (χ0n) is 15.5. The molecule has 0 fully saturated rings. The second-order valence-corrected chi connectivity index (χ2v) is 6.03. The molecule has 0 aliphatic heterocycles. The average Bonchev–Trinajstić information content (AvgIpc) is 2.57. The molecular weight excluding hydrogens is 342 g/mol. The van der Waals surface area contributed by atoms with E-state index in [-0.39, 0.29) is 18.1 Å². The summed E-state index contributed by atoms with van der Waals surface area (Å²) in [6.45, 7) is 6.18. The number of carbonyl (C=O) groups excluding carboxylic acids is 3. The summed E-state index contributed by atoms with van der Waals surface area (Å²) in [5.74, 6) is -3.45. The molecule has 0 aromatic heterocycles. The molecule has 0 rings (SSSR count). The SMILES string of the molecule is C=C(CC(=O)O[C@@H](C)CCCCCCC)C(=O)OCC(=O)NCC(=O)O. The summed E-state index contributed by atoms with van der Waals surface area (Å²) in [6, 6.07) is 0. The Morgan fingerprint density at radius 1 is 1.12 bits per heavy atom. The van der Waals surface area contributed by atoms with Gasteiger partial charge in [-0.15, -0.1) is 0 Å². The van der Waals surface area contributed by atoms with E-state index in [1.807, 2.05) is 5.32 Å². The molecule has 26 heavy (non-hydrogen) atoms. The van der Waals surface area contributed by atoms with Gasteiger partial charge < -0.3 is 19.9 Å². The Hall–Kier alpha value is -2.38. The van der Waals surface area contributed by atoms with Crippen molar-refractivity contribution in [2.24, 2.45) is 0 Å². The molecular formula is C18H29NO7. The lowest BCUT2D eigenvalue weighted by atomic mass is 10.1. The highest BCUT2D eigenvalue weighted by Crippen LogP contribution is 2.11. The fraction of sp³-hybridized carbons (Fsp3) is 0.667. The summed E-state index contributed by atoms with van der Waals surface area (Å²) in [6.07, 6.45) is 5.80. The molecule has 2 N–H and O–H groups in total. The van der Waals surface area contributed by atoms with Crippen LogP contribution >= 0.6 is 0 Å². The van der Waals surface area contributed by atoms with Gasteiger partial charge in [-0.05, 0) is 19.8 Å². The number of esters is 2. The molecule has 1 atom stereocenters. The van der Waals surface area contributed by atoms with Crippen molar-refractivity contribution in [2.45, 2.75) is 64.9 Å². The summed E-state index contributed by atoms with van der Waals surface area (Å²) < 4.78 is 9.87. The topological polar surface area (TPSA) is 119 Å². The van der Waals surface area contributed by atoms with Gasteiger partial charge in [-0.25, -0.2) is 4.79 Å². The van der Waals surface area contributed by atoms with Gasteiger partial charge in [-0.3, -0.25) is 14.4 Å². The zero-order chi connectivity index (χ0) is 19.9. The van der Waals surface area contributed by atoms with E-state index in [2.05, 4.69) is 18.2 Å². The number of carboxylic acid groups (broad SMARTS) is 1. The van der Waals surface area contributed by atoms with E-state index < -0.39 is 37.0 Å². The maximum Gasteiger partial charge on any atom is 0.334 e. The van der Waals surface area contributed by atoms with Crippen molar-refractivity contribution < 1.29 is 33.8 Å². The van der Waals surface area contributed by atoms with Crippen LogP contribution in [0.3, 0.4) is 0 Å². The molecule has 0 unspecified atom stereocenters. The van der Waals surface area contributed by atoms with E-state index in [1.165, 1.54) is 19.3 Å². The minimum Gasteiger partial charge on any atom is -0.480 e. The number of carboxylic acids is 1. The van der Waals surface area contributed by atoms with Crippen molar-refractivity contribution in [3.8, 4) is 0 Å². The van der Waals surface area contributed by atoms with E-state index in [1.54, 1.807) is 6.92 Å². The van der Waals surface area contributed by atoms with Crippen LogP contribution in [-0.4, -0.2) is 48.2 Å². The maximum absolute atomic E-state index is 11.8. The molecule has 0 saturated carbocycles. The lowest BCUT2D eigenvalue weighted by molar-refractivity contribution is -0.151. The van der Waals surface area contributed by atoms with E-state index >= 15 is 0 Å².